The molecule has 1 aromatic heterocycles. The van der Waals surface area contributed by atoms with Crippen molar-refractivity contribution in [3.8, 4) is 22.8 Å². The molecule has 0 radical (unpaired) electrons. The standard InChI is InChI=1S/C22H24N4O4/c1-28-19-8-5-15(11-20(19)29-2)17-12-18(26-25-17)22(27)24-16-6-3-14(4-7-16)21-13-23-9-10-30-21/h3-8,11-12,21,23H,9-10,13H2,1-2H3,(H,24,27)(H,25,26)/t21-/m1/s1. The van der Waals surface area contributed by atoms with E-state index >= 15 is 0 Å². The highest BCUT2D eigenvalue weighted by Crippen LogP contribution is 2.31. The molecule has 3 aromatic rings. The number of H-pyrrole nitrogens is 1. The highest BCUT2D eigenvalue weighted by molar-refractivity contribution is 6.03. The van der Waals surface area contributed by atoms with Crippen LogP contribution in [0, 0.1) is 0 Å². The normalized spacial score (nSPS) is 16.1. The first-order valence-corrected chi connectivity index (χ1v) is 9.69. The van der Waals surface area contributed by atoms with Gasteiger partial charge in [0.05, 0.1) is 32.6 Å². The van der Waals surface area contributed by atoms with Crippen molar-refractivity contribution in [3.05, 3.63) is 59.8 Å². The van der Waals surface area contributed by atoms with Crippen LogP contribution >= 0.6 is 0 Å². The lowest BCUT2D eigenvalue weighted by molar-refractivity contribution is 0.0277. The van der Waals surface area contributed by atoms with Gasteiger partial charge < -0.3 is 24.8 Å². The summed E-state index contributed by atoms with van der Waals surface area (Å²) in [6.07, 6.45) is 0.0418. The van der Waals surface area contributed by atoms with Crippen molar-refractivity contribution in [3.63, 3.8) is 0 Å². The molecule has 0 unspecified atom stereocenters. The summed E-state index contributed by atoms with van der Waals surface area (Å²) in [6.45, 7) is 2.37. The number of nitrogens with zero attached hydrogens (tertiary/aromatic N) is 1. The van der Waals surface area contributed by atoms with Gasteiger partial charge in [-0.15, -0.1) is 0 Å². The van der Waals surface area contributed by atoms with Gasteiger partial charge >= 0.3 is 0 Å². The van der Waals surface area contributed by atoms with Crippen molar-refractivity contribution >= 4 is 11.6 Å². The van der Waals surface area contributed by atoms with Crippen LogP contribution < -0.4 is 20.1 Å². The molecule has 0 bridgehead atoms. The van der Waals surface area contributed by atoms with Gasteiger partial charge in [0.1, 0.15) is 5.69 Å². The average molecular weight is 408 g/mol. The van der Waals surface area contributed by atoms with Crippen LogP contribution in [0.3, 0.4) is 0 Å². The zero-order valence-electron chi connectivity index (χ0n) is 16.9. The van der Waals surface area contributed by atoms with Gasteiger partial charge in [-0.05, 0) is 42.0 Å². The lowest BCUT2D eigenvalue weighted by Gasteiger charge is -2.24. The molecule has 1 saturated heterocycles. The van der Waals surface area contributed by atoms with Gasteiger partial charge in [-0.25, -0.2) is 0 Å². The number of carbonyl (C=O) groups is 1. The first kappa shape index (κ1) is 19.9. The molecule has 2 heterocycles. The summed E-state index contributed by atoms with van der Waals surface area (Å²) >= 11 is 0. The predicted octanol–water partition coefficient (Wildman–Crippen LogP) is 3.01. The lowest BCUT2D eigenvalue weighted by Crippen LogP contribution is -2.33. The number of anilines is 1. The lowest BCUT2D eigenvalue weighted by atomic mass is 10.1. The summed E-state index contributed by atoms with van der Waals surface area (Å²) < 4.78 is 16.3. The summed E-state index contributed by atoms with van der Waals surface area (Å²) in [4.78, 5) is 12.6. The summed E-state index contributed by atoms with van der Waals surface area (Å²) in [6, 6.07) is 14.9. The Bertz CT molecular complexity index is 1010. The Morgan fingerprint density at radius 2 is 1.90 bits per heavy atom. The molecule has 0 saturated carbocycles. The number of rotatable bonds is 6. The summed E-state index contributed by atoms with van der Waals surface area (Å²) in [5.74, 6) is 0.964. The van der Waals surface area contributed by atoms with Crippen LogP contribution in [-0.4, -0.2) is 50.0 Å². The summed E-state index contributed by atoms with van der Waals surface area (Å²) in [5.41, 5.74) is 3.60. The number of hydrogen-bond donors (Lipinski definition) is 3. The Morgan fingerprint density at radius 3 is 2.60 bits per heavy atom. The fourth-order valence-electron chi connectivity index (χ4n) is 3.34. The van der Waals surface area contributed by atoms with E-state index in [4.69, 9.17) is 14.2 Å². The molecule has 1 fully saturated rings. The zero-order chi connectivity index (χ0) is 20.9. The maximum absolute atomic E-state index is 12.6. The van der Waals surface area contributed by atoms with Crippen LogP contribution in [0.1, 0.15) is 22.2 Å². The second kappa shape index (κ2) is 8.98. The van der Waals surface area contributed by atoms with Gasteiger partial charge in [-0.1, -0.05) is 12.1 Å². The third-order valence-electron chi connectivity index (χ3n) is 4.97. The number of morpholine rings is 1. The van der Waals surface area contributed by atoms with Gasteiger partial charge in [0.2, 0.25) is 0 Å². The number of ether oxygens (including phenoxy) is 3. The zero-order valence-corrected chi connectivity index (χ0v) is 16.9. The van der Waals surface area contributed by atoms with Crippen molar-refractivity contribution in [2.45, 2.75) is 6.10 Å². The van der Waals surface area contributed by atoms with E-state index in [0.29, 0.717) is 35.2 Å². The van der Waals surface area contributed by atoms with E-state index in [2.05, 4.69) is 20.8 Å². The molecule has 8 heteroatoms. The third-order valence-corrected chi connectivity index (χ3v) is 4.97. The largest absolute Gasteiger partial charge is 0.493 e. The Balaban J connectivity index is 1.44. The first-order chi connectivity index (χ1) is 14.7. The van der Waals surface area contributed by atoms with Gasteiger partial charge in [-0.3, -0.25) is 9.89 Å². The number of benzene rings is 2. The molecular weight excluding hydrogens is 384 g/mol. The van der Waals surface area contributed by atoms with Gasteiger partial charge in [0.15, 0.2) is 11.5 Å². The van der Waals surface area contributed by atoms with E-state index in [-0.39, 0.29) is 12.0 Å². The minimum absolute atomic E-state index is 0.0418. The molecule has 8 nitrogen and oxygen atoms in total. The van der Waals surface area contributed by atoms with Crippen LogP contribution in [0.25, 0.3) is 11.3 Å². The number of amides is 1. The Labute approximate surface area is 174 Å². The fourth-order valence-corrected chi connectivity index (χ4v) is 3.34. The topological polar surface area (TPSA) is 97.5 Å². The Morgan fingerprint density at radius 1 is 1.10 bits per heavy atom. The highest BCUT2D eigenvalue weighted by atomic mass is 16.5. The van der Waals surface area contributed by atoms with Crippen molar-refractivity contribution in [2.75, 3.05) is 39.2 Å². The second-order valence-corrected chi connectivity index (χ2v) is 6.88. The second-order valence-electron chi connectivity index (χ2n) is 6.88. The molecule has 30 heavy (non-hydrogen) atoms. The summed E-state index contributed by atoms with van der Waals surface area (Å²) in [5, 5.41) is 13.2. The molecule has 156 valence electrons. The number of hydrogen-bond acceptors (Lipinski definition) is 6. The molecule has 1 aliphatic heterocycles. The maximum Gasteiger partial charge on any atom is 0.273 e. The van der Waals surface area contributed by atoms with Crippen LogP contribution in [0.4, 0.5) is 5.69 Å². The van der Waals surface area contributed by atoms with Crippen LogP contribution in [0.2, 0.25) is 0 Å². The Hall–Kier alpha value is -3.36. The predicted molar refractivity (Wildman–Crippen MR) is 113 cm³/mol. The minimum Gasteiger partial charge on any atom is -0.493 e. The van der Waals surface area contributed by atoms with E-state index in [1.165, 1.54) is 0 Å². The molecule has 1 amide bonds. The maximum atomic E-state index is 12.6. The van der Waals surface area contributed by atoms with Crippen LogP contribution in [-0.2, 0) is 4.74 Å². The third kappa shape index (κ3) is 4.29. The summed E-state index contributed by atoms with van der Waals surface area (Å²) in [7, 11) is 3.16. The number of aromatic amines is 1. The SMILES string of the molecule is COc1ccc(-c2cc(C(=O)Nc3ccc([C@H]4CNCCO4)cc3)[nH]n2)cc1OC. The first-order valence-electron chi connectivity index (χ1n) is 9.69. The van der Waals surface area contributed by atoms with Crippen LogP contribution in [0.5, 0.6) is 11.5 Å². The van der Waals surface area contributed by atoms with Gasteiger partial charge in [0, 0.05) is 24.3 Å². The van der Waals surface area contributed by atoms with Crippen molar-refractivity contribution in [1.82, 2.24) is 15.5 Å². The number of methoxy groups -OCH3 is 2. The minimum atomic E-state index is -0.266. The van der Waals surface area contributed by atoms with Gasteiger partial charge in [0.25, 0.3) is 5.91 Å². The molecular formula is C22H24N4O4. The van der Waals surface area contributed by atoms with Crippen molar-refractivity contribution in [1.29, 1.82) is 0 Å². The Kier molecular flexibility index (Phi) is 5.97. The molecule has 0 spiro atoms. The number of aromatic nitrogens is 2. The molecule has 1 atom stereocenters. The van der Waals surface area contributed by atoms with E-state index < -0.39 is 0 Å². The molecule has 3 N–H and O–H groups in total. The molecule has 1 aliphatic rings. The smallest absolute Gasteiger partial charge is 0.273 e. The van der Waals surface area contributed by atoms with E-state index in [9.17, 15) is 4.79 Å². The quantitative estimate of drug-likeness (QED) is 0.580. The number of nitrogens with one attached hydrogen (secondary N) is 3. The monoisotopic (exact) mass is 408 g/mol. The van der Waals surface area contributed by atoms with E-state index in [1.54, 1.807) is 26.4 Å². The fraction of sp³-hybridized carbons (Fsp3) is 0.273. The highest BCUT2D eigenvalue weighted by Gasteiger charge is 2.16. The van der Waals surface area contributed by atoms with Crippen molar-refractivity contribution < 1.29 is 19.0 Å². The average Bonchev–Trinajstić information content (AvgIpc) is 3.30. The van der Waals surface area contributed by atoms with E-state index in [0.717, 1.165) is 24.2 Å². The molecule has 4 rings (SSSR count). The number of carbonyl (C=O) groups excluding carboxylic acids is 1. The molecule has 2 aromatic carbocycles. The van der Waals surface area contributed by atoms with E-state index in [1.807, 2.05) is 36.4 Å². The molecule has 0 aliphatic carbocycles. The van der Waals surface area contributed by atoms with Crippen LogP contribution in [0.15, 0.2) is 48.5 Å². The van der Waals surface area contributed by atoms with Gasteiger partial charge in [-0.2, -0.15) is 5.10 Å². The van der Waals surface area contributed by atoms with Crippen molar-refractivity contribution in [2.24, 2.45) is 0 Å².